The first-order valence-electron chi connectivity index (χ1n) is 7.61. The Hall–Kier alpha value is -0.980. The van der Waals surface area contributed by atoms with Gasteiger partial charge in [0.15, 0.2) is 0 Å². The van der Waals surface area contributed by atoms with E-state index in [9.17, 15) is 5.26 Å². The Morgan fingerprint density at radius 1 is 1.35 bits per heavy atom. The third kappa shape index (κ3) is 3.37. The number of rotatable bonds is 4. The van der Waals surface area contributed by atoms with E-state index in [1.165, 1.54) is 29.7 Å². The lowest BCUT2D eigenvalue weighted by Gasteiger charge is -2.36. The molecule has 0 saturated heterocycles. The molecule has 2 aliphatic rings. The van der Waals surface area contributed by atoms with Gasteiger partial charge in [0.2, 0.25) is 0 Å². The van der Waals surface area contributed by atoms with Crippen molar-refractivity contribution in [1.29, 1.82) is 5.26 Å². The van der Waals surface area contributed by atoms with Gasteiger partial charge in [-0.3, -0.25) is 5.32 Å². The first kappa shape index (κ1) is 14.0. The average molecular weight is 286 g/mol. The van der Waals surface area contributed by atoms with Crippen LogP contribution in [0.4, 0.5) is 0 Å². The Kier molecular flexibility index (Phi) is 4.05. The van der Waals surface area contributed by atoms with Crippen LogP contribution in [0.1, 0.15) is 44.1 Å². The van der Waals surface area contributed by atoms with Gasteiger partial charge in [-0.05, 0) is 57.6 Å². The van der Waals surface area contributed by atoms with Crippen LogP contribution in [0.2, 0.25) is 0 Å². The SMILES string of the molecule is Cc1cccc(SC2CCCC(C#N)(NC3CC3)C2)c1. The average Bonchev–Trinajstić information content (AvgIpc) is 3.23. The topological polar surface area (TPSA) is 35.8 Å². The molecular formula is C17H22N2S. The molecule has 2 saturated carbocycles. The van der Waals surface area contributed by atoms with E-state index in [0.29, 0.717) is 11.3 Å². The first-order valence-corrected chi connectivity index (χ1v) is 8.49. The van der Waals surface area contributed by atoms with Crippen LogP contribution in [-0.4, -0.2) is 16.8 Å². The highest BCUT2D eigenvalue weighted by Crippen LogP contribution is 2.39. The molecule has 20 heavy (non-hydrogen) atoms. The summed E-state index contributed by atoms with van der Waals surface area (Å²) in [6.07, 6.45) is 6.90. The predicted molar refractivity (Wildman–Crippen MR) is 83.8 cm³/mol. The highest BCUT2D eigenvalue weighted by molar-refractivity contribution is 8.00. The summed E-state index contributed by atoms with van der Waals surface area (Å²) in [5.41, 5.74) is 1.05. The zero-order valence-corrected chi connectivity index (χ0v) is 12.9. The van der Waals surface area contributed by atoms with Crippen LogP contribution < -0.4 is 5.32 Å². The minimum atomic E-state index is -0.263. The second-order valence-electron chi connectivity index (χ2n) is 6.27. The summed E-state index contributed by atoms with van der Waals surface area (Å²) in [5, 5.41) is 13.8. The third-order valence-electron chi connectivity index (χ3n) is 4.27. The van der Waals surface area contributed by atoms with Gasteiger partial charge in [0.25, 0.3) is 0 Å². The van der Waals surface area contributed by atoms with E-state index in [1.807, 2.05) is 11.8 Å². The number of benzene rings is 1. The number of nitrogens with zero attached hydrogens (tertiary/aromatic N) is 1. The van der Waals surface area contributed by atoms with Crippen LogP contribution in [-0.2, 0) is 0 Å². The molecule has 0 bridgehead atoms. The van der Waals surface area contributed by atoms with Crippen LogP contribution in [0.25, 0.3) is 0 Å². The van der Waals surface area contributed by atoms with Gasteiger partial charge in [-0.15, -0.1) is 11.8 Å². The van der Waals surface area contributed by atoms with Crippen molar-refractivity contribution in [3.8, 4) is 6.07 Å². The second kappa shape index (κ2) is 5.79. The summed E-state index contributed by atoms with van der Waals surface area (Å²) in [6, 6.07) is 11.9. The molecule has 0 aliphatic heterocycles. The number of thioether (sulfide) groups is 1. The van der Waals surface area contributed by atoms with Gasteiger partial charge in [-0.25, -0.2) is 0 Å². The Balaban J connectivity index is 1.66. The Morgan fingerprint density at radius 2 is 2.20 bits per heavy atom. The number of hydrogen-bond acceptors (Lipinski definition) is 3. The summed E-state index contributed by atoms with van der Waals surface area (Å²) < 4.78 is 0. The molecule has 1 aromatic carbocycles. The molecule has 0 spiro atoms. The molecule has 1 N–H and O–H groups in total. The van der Waals surface area contributed by atoms with Crippen LogP contribution in [0.15, 0.2) is 29.2 Å². The van der Waals surface area contributed by atoms with Crippen molar-refractivity contribution >= 4 is 11.8 Å². The predicted octanol–water partition coefficient (Wildman–Crippen LogP) is 4.04. The van der Waals surface area contributed by atoms with Gasteiger partial charge in [-0.1, -0.05) is 17.7 Å². The molecule has 106 valence electrons. The number of hydrogen-bond donors (Lipinski definition) is 1. The standard InChI is InChI=1S/C17H22N2S/c1-13-4-2-5-15(10-13)20-16-6-3-9-17(11-16,12-18)19-14-7-8-14/h2,4-5,10,14,16,19H,3,6-9,11H2,1H3. The van der Waals surface area contributed by atoms with Crippen LogP contribution in [0.3, 0.4) is 0 Å². The van der Waals surface area contributed by atoms with Crippen molar-refractivity contribution in [3.05, 3.63) is 29.8 Å². The molecule has 0 radical (unpaired) electrons. The van der Waals surface area contributed by atoms with E-state index in [0.717, 1.165) is 19.3 Å². The van der Waals surface area contributed by atoms with Crippen molar-refractivity contribution in [3.63, 3.8) is 0 Å². The minimum Gasteiger partial charge on any atom is -0.297 e. The van der Waals surface area contributed by atoms with Gasteiger partial charge < -0.3 is 0 Å². The van der Waals surface area contributed by atoms with Crippen molar-refractivity contribution < 1.29 is 0 Å². The Bertz CT molecular complexity index is 518. The van der Waals surface area contributed by atoms with Crippen LogP contribution in [0, 0.1) is 18.3 Å². The molecule has 0 amide bonds. The molecule has 0 heterocycles. The van der Waals surface area contributed by atoms with E-state index < -0.39 is 0 Å². The molecular weight excluding hydrogens is 264 g/mol. The lowest BCUT2D eigenvalue weighted by Crippen LogP contribution is -2.49. The van der Waals surface area contributed by atoms with E-state index in [4.69, 9.17) is 0 Å². The smallest absolute Gasteiger partial charge is 0.108 e. The molecule has 3 rings (SSSR count). The fourth-order valence-corrected chi connectivity index (χ4v) is 4.54. The molecule has 1 aromatic rings. The highest BCUT2D eigenvalue weighted by Gasteiger charge is 2.40. The van der Waals surface area contributed by atoms with E-state index in [-0.39, 0.29) is 5.54 Å². The highest BCUT2D eigenvalue weighted by atomic mass is 32.2. The summed E-state index contributed by atoms with van der Waals surface area (Å²) in [6.45, 7) is 2.14. The van der Waals surface area contributed by atoms with Crippen molar-refractivity contribution in [2.45, 2.75) is 67.2 Å². The van der Waals surface area contributed by atoms with Crippen molar-refractivity contribution in [2.75, 3.05) is 0 Å². The molecule has 2 fully saturated rings. The van der Waals surface area contributed by atoms with Crippen molar-refractivity contribution in [1.82, 2.24) is 5.32 Å². The monoisotopic (exact) mass is 286 g/mol. The zero-order valence-electron chi connectivity index (χ0n) is 12.1. The quantitative estimate of drug-likeness (QED) is 0.907. The van der Waals surface area contributed by atoms with Crippen LogP contribution >= 0.6 is 11.8 Å². The fraction of sp³-hybridized carbons (Fsp3) is 0.588. The van der Waals surface area contributed by atoms with Gasteiger partial charge in [0.05, 0.1) is 6.07 Å². The van der Waals surface area contributed by atoms with E-state index >= 15 is 0 Å². The van der Waals surface area contributed by atoms with Gasteiger partial charge in [0, 0.05) is 16.2 Å². The third-order valence-corrected chi connectivity index (χ3v) is 5.53. The summed E-state index contributed by atoms with van der Waals surface area (Å²) in [7, 11) is 0. The Labute approximate surface area is 125 Å². The van der Waals surface area contributed by atoms with Gasteiger partial charge in [0.1, 0.15) is 5.54 Å². The maximum Gasteiger partial charge on any atom is 0.108 e. The molecule has 3 heteroatoms. The fourth-order valence-electron chi connectivity index (χ4n) is 3.09. The molecule has 2 aliphatic carbocycles. The lowest BCUT2D eigenvalue weighted by molar-refractivity contribution is 0.301. The van der Waals surface area contributed by atoms with Crippen LogP contribution in [0.5, 0.6) is 0 Å². The van der Waals surface area contributed by atoms with Gasteiger partial charge in [-0.2, -0.15) is 5.26 Å². The minimum absolute atomic E-state index is 0.263. The number of nitriles is 1. The van der Waals surface area contributed by atoms with Gasteiger partial charge >= 0.3 is 0 Å². The maximum absolute atomic E-state index is 9.62. The van der Waals surface area contributed by atoms with E-state index in [1.54, 1.807) is 0 Å². The van der Waals surface area contributed by atoms with E-state index in [2.05, 4.69) is 42.6 Å². The van der Waals surface area contributed by atoms with Crippen molar-refractivity contribution in [2.24, 2.45) is 0 Å². The normalized spacial score (nSPS) is 29.9. The molecule has 2 unspecified atom stereocenters. The number of nitrogens with one attached hydrogen (secondary N) is 1. The Morgan fingerprint density at radius 3 is 2.90 bits per heavy atom. The zero-order chi connectivity index (χ0) is 14.0. The first-order chi connectivity index (χ1) is 9.69. The lowest BCUT2D eigenvalue weighted by atomic mass is 9.82. The summed E-state index contributed by atoms with van der Waals surface area (Å²) in [5.74, 6) is 0. The molecule has 2 nitrogen and oxygen atoms in total. The summed E-state index contributed by atoms with van der Waals surface area (Å²) >= 11 is 1.95. The maximum atomic E-state index is 9.62. The molecule has 2 atom stereocenters. The second-order valence-corrected chi connectivity index (χ2v) is 7.64. The molecule has 0 aromatic heterocycles. The number of aryl methyl sites for hydroxylation is 1. The largest absolute Gasteiger partial charge is 0.297 e. The summed E-state index contributed by atoms with van der Waals surface area (Å²) in [4.78, 5) is 1.34.